The summed E-state index contributed by atoms with van der Waals surface area (Å²) in [6.07, 6.45) is 1.73. The largest absolute Gasteiger partial charge is 0.490 e. The molecule has 0 radical (unpaired) electrons. The van der Waals surface area contributed by atoms with Gasteiger partial charge in [0.2, 0.25) is 0 Å². The van der Waals surface area contributed by atoms with Crippen molar-refractivity contribution >= 4 is 12.4 Å². The molecule has 0 aliphatic rings. The molecule has 20 heavy (non-hydrogen) atoms. The van der Waals surface area contributed by atoms with Crippen LogP contribution in [0.1, 0.15) is 33.3 Å². The number of hydrogen-bond donors (Lipinski definition) is 1. The second kappa shape index (κ2) is 8.88. The van der Waals surface area contributed by atoms with Crippen LogP contribution in [-0.2, 0) is 6.54 Å². The quantitative estimate of drug-likeness (QED) is 0.773. The molecule has 3 nitrogen and oxygen atoms in total. The fourth-order valence-electron chi connectivity index (χ4n) is 1.57. The highest BCUT2D eigenvalue weighted by atomic mass is 35.5. The SMILES string of the molecule is C=CCOc1ccc(CNC(C)(C)C)cc1OCC.Cl. The summed E-state index contributed by atoms with van der Waals surface area (Å²) in [6, 6.07) is 6.04. The highest BCUT2D eigenvalue weighted by Crippen LogP contribution is 2.28. The predicted molar refractivity (Wildman–Crippen MR) is 87.1 cm³/mol. The van der Waals surface area contributed by atoms with Gasteiger partial charge in [0.1, 0.15) is 6.61 Å². The first-order chi connectivity index (χ1) is 8.96. The first-order valence-electron chi connectivity index (χ1n) is 6.70. The van der Waals surface area contributed by atoms with Crippen molar-refractivity contribution in [1.29, 1.82) is 0 Å². The Morgan fingerprint density at radius 3 is 2.45 bits per heavy atom. The average Bonchev–Trinajstić information content (AvgIpc) is 2.35. The van der Waals surface area contributed by atoms with Crippen LogP contribution in [0.15, 0.2) is 30.9 Å². The summed E-state index contributed by atoms with van der Waals surface area (Å²) >= 11 is 0. The number of nitrogens with one attached hydrogen (secondary N) is 1. The molecule has 0 spiro atoms. The Morgan fingerprint density at radius 1 is 1.20 bits per heavy atom. The minimum Gasteiger partial charge on any atom is -0.490 e. The van der Waals surface area contributed by atoms with Crippen LogP contribution in [0.4, 0.5) is 0 Å². The van der Waals surface area contributed by atoms with Crippen LogP contribution in [0.5, 0.6) is 11.5 Å². The molecule has 1 aromatic rings. The van der Waals surface area contributed by atoms with Gasteiger partial charge in [-0.3, -0.25) is 0 Å². The Morgan fingerprint density at radius 2 is 1.90 bits per heavy atom. The Balaban J connectivity index is 0.00000361. The average molecular weight is 300 g/mol. The Kier molecular flexibility index (Phi) is 8.35. The van der Waals surface area contributed by atoms with E-state index in [1.807, 2.05) is 19.1 Å². The van der Waals surface area contributed by atoms with Crippen LogP contribution < -0.4 is 14.8 Å². The molecule has 0 bridgehead atoms. The van der Waals surface area contributed by atoms with E-state index >= 15 is 0 Å². The maximum atomic E-state index is 5.62. The summed E-state index contributed by atoms with van der Waals surface area (Å²) in [5, 5.41) is 3.46. The maximum absolute atomic E-state index is 5.62. The molecule has 0 aliphatic heterocycles. The molecule has 0 aromatic heterocycles. The van der Waals surface area contributed by atoms with Gasteiger partial charge in [0, 0.05) is 12.1 Å². The van der Waals surface area contributed by atoms with Crippen molar-refractivity contribution in [2.45, 2.75) is 39.8 Å². The highest BCUT2D eigenvalue weighted by Gasteiger charge is 2.10. The third-order valence-electron chi connectivity index (χ3n) is 2.49. The molecule has 0 amide bonds. The molecular formula is C16H26ClNO2. The van der Waals surface area contributed by atoms with E-state index in [4.69, 9.17) is 9.47 Å². The lowest BCUT2D eigenvalue weighted by Crippen LogP contribution is -2.35. The third kappa shape index (κ3) is 6.83. The molecule has 1 rings (SSSR count). The van der Waals surface area contributed by atoms with Crippen LogP contribution in [0, 0.1) is 0 Å². The van der Waals surface area contributed by atoms with Crippen LogP contribution in [0.3, 0.4) is 0 Å². The summed E-state index contributed by atoms with van der Waals surface area (Å²) < 4.78 is 11.2. The van der Waals surface area contributed by atoms with Gasteiger partial charge in [-0.2, -0.15) is 0 Å². The normalized spacial score (nSPS) is 10.6. The third-order valence-corrected chi connectivity index (χ3v) is 2.49. The molecule has 114 valence electrons. The fraction of sp³-hybridized carbons (Fsp3) is 0.500. The second-order valence-electron chi connectivity index (χ2n) is 5.42. The van der Waals surface area contributed by atoms with E-state index in [0.29, 0.717) is 13.2 Å². The Hall–Kier alpha value is -1.19. The minimum atomic E-state index is 0. The van der Waals surface area contributed by atoms with Gasteiger partial charge < -0.3 is 14.8 Å². The zero-order valence-electron chi connectivity index (χ0n) is 12.9. The van der Waals surface area contributed by atoms with E-state index in [9.17, 15) is 0 Å². The zero-order chi connectivity index (χ0) is 14.3. The lowest BCUT2D eigenvalue weighted by atomic mass is 10.1. The van der Waals surface area contributed by atoms with E-state index in [1.54, 1.807) is 6.08 Å². The lowest BCUT2D eigenvalue weighted by molar-refractivity contribution is 0.296. The van der Waals surface area contributed by atoms with E-state index < -0.39 is 0 Å². The predicted octanol–water partition coefficient (Wildman–Crippen LogP) is 3.96. The number of ether oxygens (including phenoxy) is 2. The second-order valence-corrected chi connectivity index (χ2v) is 5.42. The van der Waals surface area contributed by atoms with E-state index in [-0.39, 0.29) is 17.9 Å². The standard InChI is InChI=1S/C16H25NO2.ClH/c1-6-10-19-14-9-8-13(11-15(14)18-7-2)12-17-16(3,4)5;/h6,8-9,11,17H,1,7,10,12H2,2-5H3;1H. The van der Waals surface area contributed by atoms with Crippen LogP contribution in [-0.4, -0.2) is 18.8 Å². The summed E-state index contributed by atoms with van der Waals surface area (Å²) in [4.78, 5) is 0. The maximum Gasteiger partial charge on any atom is 0.161 e. The molecular weight excluding hydrogens is 274 g/mol. The first kappa shape index (κ1) is 18.8. The van der Waals surface area contributed by atoms with Crippen molar-refractivity contribution < 1.29 is 9.47 Å². The van der Waals surface area contributed by atoms with Gasteiger partial charge in [0.05, 0.1) is 6.61 Å². The lowest BCUT2D eigenvalue weighted by Gasteiger charge is -2.21. The van der Waals surface area contributed by atoms with Crippen molar-refractivity contribution in [3.8, 4) is 11.5 Å². The van der Waals surface area contributed by atoms with Crippen molar-refractivity contribution in [3.63, 3.8) is 0 Å². The molecule has 0 saturated carbocycles. The molecule has 4 heteroatoms. The highest BCUT2D eigenvalue weighted by molar-refractivity contribution is 5.85. The monoisotopic (exact) mass is 299 g/mol. The summed E-state index contributed by atoms with van der Waals surface area (Å²) in [5.74, 6) is 1.55. The fourth-order valence-corrected chi connectivity index (χ4v) is 1.57. The van der Waals surface area contributed by atoms with Crippen LogP contribution >= 0.6 is 12.4 Å². The summed E-state index contributed by atoms with van der Waals surface area (Å²) in [5.41, 5.74) is 1.29. The molecule has 1 N–H and O–H groups in total. The number of halogens is 1. The Bertz CT molecular complexity index is 413. The van der Waals surface area contributed by atoms with Gasteiger partial charge in [-0.25, -0.2) is 0 Å². The van der Waals surface area contributed by atoms with Crippen LogP contribution in [0.25, 0.3) is 0 Å². The molecule has 0 saturated heterocycles. The molecule has 0 fully saturated rings. The van der Waals surface area contributed by atoms with Gasteiger partial charge in [0.25, 0.3) is 0 Å². The smallest absolute Gasteiger partial charge is 0.161 e. The van der Waals surface area contributed by atoms with Crippen LogP contribution in [0.2, 0.25) is 0 Å². The zero-order valence-corrected chi connectivity index (χ0v) is 13.7. The molecule has 0 atom stereocenters. The van der Waals surface area contributed by atoms with Crippen molar-refractivity contribution in [3.05, 3.63) is 36.4 Å². The Labute approximate surface area is 128 Å². The topological polar surface area (TPSA) is 30.5 Å². The van der Waals surface area contributed by atoms with E-state index in [0.717, 1.165) is 18.0 Å². The molecule has 0 unspecified atom stereocenters. The summed E-state index contributed by atoms with van der Waals surface area (Å²) in [7, 11) is 0. The number of benzene rings is 1. The minimum absolute atomic E-state index is 0. The summed E-state index contributed by atoms with van der Waals surface area (Å²) in [6.45, 7) is 14.0. The van der Waals surface area contributed by atoms with E-state index in [1.165, 1.54) is 5.56 Å². The van der Waals surface area contributed by atoms with Crippen molar-refractivity contribution in [2.75, 3.05) is 13.2 Å². The van der Waals surface area contributed by atoms with Gasteiger partial charge in [-0.05, 0) is 45.4 Å². The van der Waals surface area contributed by atoms with Gasteiger partial charge in [-0.15, -0.1) is 12.4 Å². The number of rotatable bonds is 7. The first-order valence-corrected chi connectivity index (χ1v) is 6.70. The van der Waals surface area contributed by atoms with E-state index in [2.05, 4.69) is 38.7 Å². The molecule has 0 aliphatic carbocycles. The van der Waals surface area contributed by atoms with Gasteiger partial charge in [-0.1, -0.05) is 18.7 Å². The molecule has 0 heterocycles. The van der Waals surface area contributed by atoms with Gasteiger partial charge in [0.15, 0.2) is 11.5 Å². The number of hydrogen-bond acceptors (Lipinski definition) is 3. The molecule has 1 aromatic carbocycles. The van der Waals surface area contributed by atoms with Crippen molar-refractivity contribution in [2.24, 2.45) is 0 Å². The van der Waals surface area contributed by atoms with Gasteiger partial charge >= 0.3 is 0 Å². The van der Waals surface area contributed by atoms with Crippen molar-refractivity contribution in [1.82, 2.24) is 5.32 Å².